The lowest BCUT2D eigenvalue weighted by atomic mass is 10.1. The van der Waals surface area contributed by atoms with Gasteiger partial charge in [0.05, 0.1) is 6.61 Å². The number of carbonyl (C=O) groups is 2. The van der Waals surface area contributed by atoms with Gasteiger partial charge >= 0.3 is 5.97 Å². The van der Waals surface area contributed by atoms with Crippen LogP contribution in [0.1, 0.15) is 23.5 Å². The van der Waals surface area contributed by atoms with Gasteiger partial charge in [-0.25, -0.2) is 4.79 Å². The lowest BCUT2D eigenvalue weighted by Gasteiger charge is -2.09. The molecule has 3 N–H and O–H groups in total. The largest absolute Gasteiger partial charge is 0.462 e. The lowest BCUT2D eigenvalue weighted by molar-refractivity contribution is -0.119. The summed E-state index contributed by atoms with van der Waals surface area (Å²) >= 11 is 1.38. The van der Waals surface area contributed by atoms with Crippen molar-refractivity contribution in [2.75, 3.05) is 18.5 Å². The summed E-state index contributed by atoms with van der Waals surface area (Å²) in [5.74, 6) is -0.669. The number of hydrogen-bond donors (Lipinski definition) is 2. The number of thiophene rings is 1. The maximum Gasteiger partial charge on any atom is 0.348 e. The van der Waals surface area contributed by atoms with Gasteiger partial charge in [0.1, 0.15) is 4.88 Å². The highest BCUT2D eigenvalue weighted by atomic mass is 35.5. The topological polar surface area (TPSA) is 81.4 Å². The number of nitrogens with two attached hydrogens (primary N) is 1. The maximum atomic E-state index is 11.8. The Morgan fingerprint density at radius 1 is 1.36 bits per heavy atom. The van der Waals surface area contributed by atoms with Crippen molar-refractivity contribution in [2.24, 2.45) is 11.7 Å². The minimum atomic E-state index is -0.318. The van der Waals surface area contributed by atoms with E-state index in [1.165, 1.54) is 11.3 Å². The summed E-state index contributed by atoms with van der Waals surface area (Å²) in [4.78, 5) is 24.1. The van der Waals surface area contributed by atoms with Gasteiger partial charge in [-0.2, -0.15) is 0 Å². The Kier molecular flexibility index (Phi) is 6.80. The molecule has 5 nitrogen and oxygen atoms in total. The molecule has 1 atom stereocenters. The number of amides is 1. The highest BCUT2D eigenvalue weighted by molar-refractivity contribution is 7.20. The highest BCUT2D eigenvalue weighted by Crippen LogP contribution is 2.28. The summed E-state index contributed by atoms with van der Waals surface area (Å²) in [6.45, 7) is 4.21. The fourth-order valence-corrected chi connectivity index (χ4v) is 2.73. The zero-order valence-corrected chi connectivity index (χ0v) is 14.1. The number of halogens is 1. The third-order valence-corrected chi connectivity index (χ3v) is 4.16. The summed E-state index contributed by atoms with van der Waals surface area (Å²) in [6, 6.07) is 7.32. The number of ether oxygens (including phenoxy) is 1. The first-order valence-electron chi connectivity index (χ1n) is 6.76. The third-order valence-electron chi connectivity index (χ3n) is 3.06. The van der Waals surface area contributed by atoms with Crippen LogP contribution in [-0.2, 0) is 9.53 Å². The minimum Gasteiger partial charge on any atom is -0.462 e. The summed E-state index contributed by atoms with van der Waals surface area (Å²) in [6.07, 6.45) is 0. The van der Waals surface area contributed by atoms with Gasteiger partial charge < -0.3 is 15.8 Å². The molecule has 1 heterocycles. The molecular formula is C15H19ClN2O3S. The molecule has 0 aliphatic rings. The van der Waals surface area contributed by atoms with Crippen molar-refractivity contribution in [3.05, 3.63) is 29.1 Å². The van der Waals surface area contributed by atoms with Gasteiger partial charge in [0.2, 0.25) is 5.91 Å². The molecule has 0 aliphatic carbocycles. The molecular weight excluding hydrogens is 324 g/mol. The standard InChI is InChI=1S/C15H18N2O3S.ClH/c1-3-20-15(19)13-7-10-6-11(4-5-12(10)21-13)17-14(18)9(2)8-16;/h4-7,9H,3,8,16H2,1-2H3,(H,17,18);1H. The second kappa shape index (κ2) is 8.12. The quantitative estimate of drug-likeness (QED) is 0.818. The fraction of sp³-hybridized carbons (Fsp3) is 0.333. The summed E-state index contributed by atoms with van der Waals surface area (Å²) in [7, 11) is 0. The van der Waals surface area contributed by atoms with Crippen molar-refractivity contribution < 1.29 is 14.3 Å². The van der Waals surface area contributed by atoms with Crippen LogP contribution in [0, 0.1) is 5.92 Å². The molecule has 2 rings (SSSR count). The number of fused-ring (bicyclic) bond motifs is 1. The molecule has 22 heavy (non-hydrogen) atoms. The molecule has 0 spiro atoms. The fourth-order valence-electron chi connectivity index (χ4n) is 1.80. The summed E-state index contributed by atoms with van der Waals surface area (Å²) in [5.41, 5.74) is 6.17. The van der Waals surface area contributed by atoms with E-state index >= 15 is 0 Å². The maximum absolute atomic E-state index is 11.8. The average molecular weight is 343 g/mol. The van der Waals surface area contributed by atoms with Crippen molar-refractivity contribution in [1.29, 1.82) is 0 Å². The number of nitrogens with one attached hydrogen (secondary N) is 1. The van der Waals surface area contributed by atoms with Crippen molar-refractivity contribution in [2.45, 2.75) is 13.8 Å². The van der Waals surface area contributed by atoms with Gasteiger partial charge in [0.15, 0.2) is 0 Å². The monoisotopic (exact) mass is 342 g/mol. The summed E-state index contributed by atoms with van der Waals surface area (Å²) in [5, 5.41) is 3.72. The molecule has 0 aliphatic heterocycles. The van der Waals surface area contributed by atoms with E-state index in [2.05, 4.69) is 5.32 Å². The van der Waals surface area contributed by atoms with Crippen LogP contribution in [0.25, 0.3) is 10.1 Å². The molecule has 0 saturated heterocycles. The van der Waals surface area contributed by atoms with E-state index < -0.39 is 0 Å². The van der Waals surface area contributed by atoms with Gasteiger partial charge in [-0.3, -0.25) is 4.79 Å². The predicted octanol–water partition coefficient (Wildman–Crippen LogP) is 3.03. The van der Waals surface area contributed by atoms with Crippen LogP contribution in [-0.4, -0.2) is 25.0 Å². The van der Waals surface area contributed by atoms with E-state index in [0.717, 1.165) is 10.1 Å². The number of anilines is 1. The van der Waals surface area contributed by atoms with Crippen molar-refractivity contribution >= 4 is 51.4 Å². The van der Waals surface area contributed by atoms with E-state index in [1.807, 2.05) is 18.2 Å². The van der Waals surface area contributed by atoms with E-state index in [0.29, 0.717) is 23.7 Å². The first-order valence-corrected chi connectivity index (χ1v) is 7.58. The molecule has 0 radical (unpaired) electrons. The Hall–Kier alpha value is -1.63. The van der Waals surface area contributed by atoms with Gasteiger partial charge in [-0.15, -0.1) is 23.7 Å². The molecule has 0 fully saturated rings. The molecule has 2 aromatic rings. The molecule has 0 bridgehead atoms. The number of carbonyl (C=O) groups excluding carboxylic acids is 2. The van der Waals surface area contributed by atoms with Crippen LogP contribution < -0.4 is 11.1 Å². The zero-order valence-electron chi connectivity index (χ0n) is 12.4. The Balaban J connectivity index is 0.00000242. The molecule has 1 unspecified atom stereocenters. The normalized spacial score (nSPS) is 11.6. The van der Waals surface area contributed by atoms with Crippen LogP contribution in [0.5, 0.6) is 0 Å². The van der Waals surface area contributed by atoms with Crippen LogP contribution in [0.3, 0.4) is 0 Å². The van der Waals surface area contributed by atoms with Crippen molar-refractivity contribution in [3.8, 4) is 0 Å². The van der Waals surface area contributed by atoms with Gasteiger partial charge in [-0.05, 0) is 36.6 Å². The second-order valence-electron chi connectivity index (χ2n) is 4.71. The number of rotatable bonds is 5. The second-order valence-corrected chi connectivity index (χ2v) is 5.79. The molecule has 0 saturated carbocycles. The Morgan fingerprint density at radius 3 is 2.73 bits per heavy atom. The average Bonchev–Trinajstić information content (AvgIpc) is 2.89. The van der Waals surface area contributed by atoms with E-state index in [1.54, 1.807) is 19.9 Å². The van der Waals surface area contributed by atoms with Crippen LogP contribution in [0.2, 0.25) is 0 Å². The Bertz CT molecular complexity index is 672. The van der Waals surface area contributed by atoms with Crippen LogP contribution in [0.15, 0.2) is 24.3 Å². The van der Waals surface area contributed by atoms with E-state index in [4.69, 9.17) is 10.5 Å². The smallest absolute Gasteiger partial charge is 0.348 e. The molecule has 1 aromatic heterocycles. The first-order chi connectivity index (χ1) is 10.0. The minimum absolute atomic E-state index is 0. The third kappa shape index (κ3) is 4.19. The molecule has 1 aromatic carbocycles. The van der Waals surface area contributed by atoms with Gasteiger partial charge in [0, 0.05) is 22.8 Å². The first kappa shape index (κ1) is 18.4. The number of hydrogen-bond acceptors (Lipinski definition) is 5. The van der Waals surface area contributed by atoms with E-state index in [-0.39, 0.29) is 30.2 Å². The van der Waals surface area contributed by atoms with E-state index in [9.17, 15) is 9.59 Å². The van der Waals surface area contributed by atoms with Crippen LogP contribution >= 0.6 is 23.7 Å². The van der Waals surface area contributed by atoms with Gasteiger partial charge in [0.25, 0.3) is 0 Å². The Morgan fingerprint density at radius 2 is 2.09 bits per heavy atom. The predicted molar refractivity (Wildman–Crippen MR) is 91.9 cm³/mol. The summed E-state index contributed by atoms with van der Waals surface area (Å²) < 4.78 is 5.96. The number of esters is 1. The lowest BCUT2D eigenvalue weighted by Crippen LogP contribution is -2.26. The SMILES string of the molecule is CCOC(=O)c1cc2cc(NC(=O)C(C)CN)ccc2s1.Cl. The van der Waals surface area contributed by atoms with Crippen molar-refractivity contribution in [1.82, 2.24) is 0 Å². The molecule has 1 amide bonds. The number of benzene rings is 1. The van der Waals surface area contributed by atoms with Crippen molar-refractivity contribution in [3.63, 3.8) is 0 Å². The molecule has 120 valence electrons. The zero-order chi connectivity index (χ0) is 15.4. The van der Waals surface area contributed by atoms with Crippen LogP contribution in [0.4, 0.5) is 5.69 Å². The van der Waals surface area contributed by atoms with Gasteiger partial charge in [-0.1, -0.05) is 6.92 Å². The highest BCUT2D eigenvalue weighted by Gasteiger charge is 2.13. The Labute approximate surface area is 139 Å². The molecule has 7 heteroatoms.